The molecule has 0 fully saturated rings. The van der Waals surface area contributed by atoms with E-state index < -0.39 is 5.41 Å². The van der Waals surface area contributed by atoms with Crippen molar-refractivity contribution < 1.29 is 19.1 Å². The summed E-state index contributed by atoms with van der Waals surface area (Å²) in [5, 5.41) is 0. The van der Waals surface area contributed by atoms with Crippen LogP contribution in [0.2, 0.25) is 0 Å². The largest absolute Gasteiger partial charge is 0.465 e. The summed E-state index contributed by atoms with van der Waals surface area (Å²) in [5.41, 5.74) is -0.425. The fourth-order valence-corrected chi connectivity index (χ4v) is 2.46. The Morgan fingerprint density at radius 2 is 1.56 bits per heavy atom. The summed E-state index contributed by atoms with van der Waals surface area (Å²) >= 11 is 0. The molecule has 0 aromatic rings. The van der Waals surface area contributed by atoms with E-state index in [-0.39, 0.29) is 18.0 Å². The second-order valence-corrected chi connectivity index (χ2v) is 8.32. The van der Waals surface area contributed by atoms with Gasteiger partial charge in [-0.15, -0.1) is 0 Å². The topological polar surface area (TPSA) is 52.6 Å². The Morgan fingerprint density at radius 3 is 2.12 bits per heavy atom. The fraction of sp³-hybridized carbons (Fsp3) is 0.905. The van der Waals surface area contributed by atoms with E-state index in [1.807, 2.05) is 20.8 Å². The first-order valence-corrected chi connectivity index (χ1v) is 10.0. The molecule has 0 heterocycles. The van der Waals surface area contributed by atoms with Crippen LogP contribution in [-0.2, 0) is 19.1 Å². The average molecular weight is 357 g/mol. The maximum Gasteiger partial charge on any atom is 0.311 e. The number of carbonyl (C=O) groups excluding carboxylic acids is 2. The van der Waals surface area contributed by atoms with Gasteiger partial charge in [-0.25, -0.2) is 0 Å². The van der Waals surface area contributed by atoms with Crippen LogP contribution >= 0.6 is 0 Å². The van der Waals surface area contributed by atoms with Crippen LogP contribution < -0.4 is 0 Å². The van der Waals surface area contributed by atoms with Gasteiger partial charge >= 0.3 is 11.9 Å². The van der Waals surface area contributed by atoms with E-state index >= 15 is 0 Å². The van der Waals surface area contributed by atoms with Crippen LogP contribution in [0.5, 0.6) is 0 Å². The van der Waals surface area contributed by atoms with Crippen molar-refractivity contribution in [1.82, 2.24) is 0 Å². The first kappa shape index (κ1) is 23.9. The molecule has 0 aliphatic carbocycles. The SMILES string of the molecule is CCCCCC(=O)OC(CCCCCCOC(=O)C(C)(C)C)C(C)C. The van der Waals surface area contributed by atoms with E-state index in [9.17, 15) is 9.59 Å². The molecule has 0 aliphatic heterocycles. The zero-order valence-corrected chi connectivity index (χ0v) is 17.4. The lowest BCUT2D eigenvalue weighted by Crippen LogP contribution is -2.23. The Hall–Kier alpha value is -1.06. The van der Waals surface area contributed by atoms with Crippen molar-refractivity contribution in [3.8, 4) is 0 Å². The minimum atomic E-state index is -0.425. The molecule has 148 valence electrons. The van der Waals surface area contributed by atoms with Gasteiger partial charge in [-0.1, -0.05) is 46.5 Å². The summed E-state index contributed by atoms with van der Waals surface area (Å²) in [4.78, 5) is 23.5. The molecule has 0 aromatic heterocycles. The van der Waals surface area contributed by atoms with Gasteiger partial charge in [0.15, 0.2) is 0 Å². The van der Waals surface area contributed by atoms with Gasteiger partial charge in [-0.2, -0.15) is 0 Å². The van der Waals surface area contributed by atoms with E-state index in [0.717, 1.165) is 51.4 Å². The molecule has 0 bridgehead atoms. The van der Waals surface area contributed by atoms with Crippen LogP contribution in [0.1, 0.15) is 99.3 Å². The summed E-state index contributed by atoms with van der Waals surface area (Å²) in [6.45, 7) is 12.4. The Bertz CT molecular complexity index is 369. The first-order valence-electron chi connectivity index (χ1n) is 10.0. The van der Waals surface area contributed by atoms with E-state index in [1.165, 1.54) is 0 Å². The van der Waals surface area contributed by atoms with Crippen molar-refractivity contribution in [3.63, 3.8) is 0 Å². The zero-order chi connectivity index (χ0) is 19.3. The summed E-state index contributed by atoms with van der Waals surface area (Å²) in [7, 11) is 0. The van der Waals surface area contributed by atoms with Crippen LogP contribution in [0, 0.1) is 11.3 Å². The quantitative estimate of drug-likeness (QED) is 0.315. The van der Waals surface area contributed by atoms with Gasteiger partial charge in [0.25, 0.3) is 0 Å². The van der Waals surface area contributed by atoms with Crippen LogP contribution in [0.15, 0.2) is 0 Å². The second-order valence-electron chi connectivity index (χ2n) is 8.32. The lowest BCUT2D eigenvalue weighted by Gasteiger charge is -2.21. The third-order valence-corrected chi connectivity index (χ3v) is 4.24. The molecule has 0 aliphatic rings. The Labute approximate surface area is 155 Å². The van der Waals surface area contributed by atoms with Gasteiger partial charge < -0.3 is 9.47 Å². The van der Waals surface area contributed by atoms with Gasteiger partial charge in [0.05, 0.1) is 12.0 Å². The van der Waals surface area contributed by atoms with E-state index in [1.54, 1.807) is 0 Å². The number of ether oxygens (including phenoxy) is 2. The average Bonchev–Trinajstić information content (AvgIpc) is 2.51. The van der Waals surface area contributed by atoms with Crippen molar-refractivity contribution in [1.29, 1.82) is 0 Å². The maximum atomic E-state index is 11.9. The zero-order valence-electron chi connectivity index (χ0n) is 17.4. The lowest BCUT2D eigenvalue weighted by atomic mass is 9.97. The van der Waals surface area contributed by atoms with Crippen molar-refractivity contribution in [2.75, 3.05) is 6.61 Å². The van der Waals surface area contributed by atoms with Crippen LogP contribution in [-0.4, -0.2) is 24.6 Å². The molecule has 0 saturated heterocycles. The van der Waals surface area contributed by atoms with Crippen LogP contribution in [0.3, 0.4) is 0 Å². The molecule has 1 unspecified atom stereocenters. The molecule has 25 heavy (non-hydrogen) atoms. The number of esters is 2. The highest BCUT2D eigenvalue weighted by atomic mass is 16.5. The van der Waals surface area contributed by atoms with Gasteiger partial charge in [0.2, 0.25) is 0 Å². The molecule has 1 atom stereocenters. The Kier molecular flexibility index (Phi) is 12.6. The lowest BCUT2D eigenvalue weighted by molar-refractivity contribution is -0.153. The molecule has 0 radical (unpaired) electrons. The standard InChI is InChI=1S/C21H40O4/c1-7-8-11-15-19(22)25-18(17(2)3)14-12-9-10-13-16-24-20(23)21(4,5)6/h17-18H,7-16H2,1-6H3. The highest BCUT2D eigenvalue weighted by molar-refractivity contribution is 5.75. The smallest absolute Gasteiger partial charge is 0.311 e. The monoisotopic (exact) mass is 356 g/mol. The second kappa shape index (κ2) is 13.2. The summed E-state index contributed by atoms with van der Waals surface area (Å²) < 4.78 is 10.9. The molecule has 4 heteroatoms. The molecule has 0 aromatic carbocycles. The van der Waals surface area contributed by atoms with Crippen molar-refractivity contribution in [2.24, 2.45) is 11.3 Å². The Morgan fingerprint density at radius 1 is 0.920 bits per heavy atom. The van der Waals surface area contributed by atoms with Gasteiger partial charge in [-0.05, 0) is 52.4 Å². The predicted molar refractivity (Wildman–Crippen MR) is 102 cm³/mol. The third-order valence-electron chi connectivity index (χ3n) is 4.24. The molecule has 0 rings (SSSR count). The Balaban J connectivity index is 3.83. The number of unbranched alkanes of at least 4 members (excludes halogenated alkanes) is 5. The van der Waals surface area contributed by atoms with E-state index in [4.69, 9.17) is 9.47 Å². The highest BCUT2D eigenvalue weighted by Crippen LogP contribution is 2.18. The fourth-order valence-electron chi connectivity index (χ4n) is 2.46. The minimum Gasteiger partial charge on any atom is -0.465 e. The molecule has 0 amide bonds. The number of hydrogen-bond acceptors (Lipinski definition) is 4. The van der Waals surface area contributed by atoms with Gasteiger partial charge in [0, 0.05) is 6.42 Å². The molecule has 4 nitrogen and oxygen atoms in total. The first-order chi connectivity index (χ1) is 11.7. The maximum absolute atomic E-state index is 11.9. The molecule has 0 saturated carbocycles. The van der Waals surface area contributed by atoms with Gasteiger partial charge in [0.1, 0.15) is 6.10 Å². The number of rotatable bonds is 13. The molecular formula is C21H40O4. The minimum absolute atomic E-state index is 0.0212. The van der Waals surface area contributed by atoms with Crippen molar-refractivity contribution in [2.45, 2.75) is 105 Å². The summed E-state index contributed by atoms with van der Waals surface area (Å²) in [6, 6.07) is 0. The summed E-state index contributed by atoms with van der Waals surface area (Å²) in [6.07, 6.45) is 8.64. The number of hydrogen-bond donors (Lipinski definition) is 0. The van der Waals surface area contributed by atoms with E-state index in [2.05, 4.69) is 20.8 Å². The van der Waals surface area contributed by atoms with E-state index in [0.29, 0.717) is 18.9 Å². The van der Waals surface area contributed by atoms with Gasteiger partial charge in [-0.3, -0.25) is 9.59 Å². The van der Waals surface area contributed by atoms with Crippen molar-refractivity contribution in [3.05, 3.63) is 0 Å². The van der Waals surface area contributed by atoms with Crippen molar-refractivity contribution >= 4 is 11.9 Å². The van der Waals surface area contributed by atoms with Crippen LogP contribution in [0.4, 0.5) is 0 Å². The number of carbonyl (C=O) groups is 2. The molecule has 0 spiro atoms. The molecule has 0 N–H and O–H groups in total. The predicted octanol–water partition coefficient (Wildman–Crippen LogP) is 5.67. The summed E-state index contributed by atoms with van der Waals surface area (Å²) in [5.74, 6) is 0.159. The van der Waals surface area contributed by atoms with Crippen LogP contribution in [0.25, 0.3) is 0 Å². The molecular weight excluding hydrogens is 316 g/mol. The highest BCUT2D eigenvalue weighted by Gasteiger charge is 2.22. The third kappa shape index (κ3) is 12.9. The normalized spacial score (nSPS) is 12.9.